The summed E-state index contributed by atoms with van der Waals surface area (Å²) in [7, 11) is 1.77. The molecule has 106 valence electrons. The fraction of sp³-hybridized carbons (Fsp3) is 0.625. The third kappa shape index (κ3) is 4.03. The lowest BCUT2D eigenvalue weighted by Gasteiger charge is -2.27. The van der Waals surface area contributed by atoms with Crippen LogP contribution in [0, 0.1) is 0 Å². The van der Waals surface area contributed by atoms with Crippen molar-refractivity contribution in [2.45, 2.75) is 39.4 Å². The average molecular weight is 262 g/mol. The first kappa shape index (κ1) is 14.5. The van der Waals surface area contributed by atoms with E-state index in [1.54, 1.807) is 7.11 Å². The highest BCUT2D eigenvalue weighted by Crippen LogP contribution is 2.17. The molecule has 0 saturated heterocycles. The summed E-state index contributed by atoms with van der Waals surface area (Å²) in [5.74, 6) is 0. The van der Waals surface area contributed by atoms with E-state index in [1.807, 2.05) is 0 Å². The first-order valence-electron chi connectivity index (χ1n) is 7.25. The molecular weight excluding hydrogens is 236 g/mol. The van der Waals surface area contributed by atoms with Gasteiger partial charge in [-0.3, -0.25) is 4.90 Å². The molecule has 1 aliphatic rings. The van der Waals surface area contributed by atoms with E-state index in [2.05, 4.69) is 42.3 Å². The van der Waals surface area contributed by atoms with E-state index in [0.29, 0.717) is 6.04 Å². The molecule has 1 aromatic rings. The maximum Gasteiger partial charge on any atom is 0.0589 e. The Kier molecular flexibility index (Phi) is 5.37. The second kappa shape index (κ2) is 7.04. The number of nitrogens with zero attached hydrogens (tertiary/aromatic N) is 1. The van der Waals surface area contributed by atoms with Crippen LogP contribution in [0.2, 0.25) is 0 Å². The van der Waals surface area contributed by atoms with Crippen LogP contribution in [-0.2, 0) is 24.2 Å². The number of rotatable bonds is 6. The molecule has 0 spiro atoms. The Morgan fingerprint density at radius 3 is 2.89 bits per heavy atom. The van der Waals surface area contributed by atoms with Gasteiger partial charge in [0.2, 0.25) is 0 Å². The summed E-state index contributed by atoms with van der Waals surface area (Å²) >= 11 is 0. The fourth-order valence-corrected chi connectivity index (χ4v) is 2.60. The fourth-order valence-electron chi connectivity index (χ4n) is 2.60. The summed E-state index contributed by atoms with van der Waals surface area (Å²) < 4.78 is 5.20. The van der Waals surface area contributed by atoms with E-state index in [0.717, 1.165) is 39.2 Å². The van der Waals surface area contributed by atoms with Crippen molar-refractivity contribution in [1.82, 2.24) is 10.2 Å². The molecule has 1 N–H and O–H groups in total. The van der Waals surface area contributed by atoms with Crippen molar-refractivity contribution in [3.63, 3.8) is 0 Å². The van der Waals surface area contributed by atoms with Gasteiger partial charge in [0.25, 0.3) is 0 Å². The average Bonchev–Trinajstić information content (AvgIpc) is 2.43. The Hall–Kier alpha value is -0.900. The Morgan fingerprint density at radius 2 is 2.16 bits per heavy atom. The van der Waals surface area contributed by atoms with Gasteiger partial charge in [-0.2, -0.15) is 0 Å². The normalized spacial score (nSPS) is 15.0. The smallest absolute Gasteiger partial charge is 0.0589 e. The van der Waals surface area contributed by atoms with Gasteiger partial charge in [-0.1, -0.05) is 18.2 Å². The Bertz CT molecular complexity index is 404. The molecule has 0 bridgehead atoms. The molecule has 19 heavy (non-hydrogen) atoms. The number of benzene rings is 1. The van der Waals surface area contributed by atoms with Gasteiger partial charge in [0.15, 0.2) is 0 Å². The van der Waals surface area contributed by atoms with E-state index in [1.165, 1.54) is 16.7 Å². The highest BCUT2D eigenvalue weighted by atomic mass is 16.5. The van der Waals surface area contributed by atoms with Gasteiger partial charge in [-0.15, -0.1) is 0 Å². The predicted molar refractivity (Wildman–Crippen MR) is 79.3 cm³/mol. The van der Waals surface area contributed by atoms with E-state index in [9.17, 15) is 0 Å². The Labute approximate surface area is 116 Å². The summed E-state index contributed by atoms with van der Waals surface area (Å²) in [6, 6.07) is 7.50. The summed E-state index contributed by atoms with van der Waals surface area (Å²) in [6.07, 6.45) is 1.16. The topological polar surface area (TPSA) is 24.5 Å². The van der Waals surface area contributed by atoms with Crippen molar-refractivity contribution in [1.29, 1.82) is 0 Å². The zero-order valence-electron chi connectivity index (χ0n) is 12.4. The van der Waals surface area contributed by atoms with Crippen LogP contribution in [-0.4, -0.2) is 37.7 Å². The minimum absolute atomic E-state index is 0.546. The van der Waals surface area contributed by atoms with Gasteiger partial charge in [-0.05, 0) is 43.5 Å². The number of hydrogen-bond acceptors (Lipinski definition) is 3. The lowest BCUT2D eigenvalue weighted by Crippen LogP contribution is -2.33. The minimum Gasteiger partial charge on any atom is -0.383 e. The molecule has 3 nitrogen and oxygen atoms in total. The second-order valence-electron chi connectivity index (χ2n) is 5.59. The standard InChI is InChI=1S/C16H26N2O/c1-13(2)18(8-9-19-3)12-14-4-5-15-6-7-17-11-16(15)10-14/h4-5,10,13,17H,6-9,11-12H2,1-3H3. The first-order chi connectivity index (χ1) is 9.20. The van der Waals surface area contributed by atoms with Crippen LogP contribution in [0.1, 0.15) is 30.5 Å². The molecule has 0 atom stereocenters. The highest BCUT2D eigenvalue weighted by Gasteiger charge is 2.13. The van der Waals surface area contributed by atoms with E-state index < -0.39 is 0 Å². The van der Waals surface area contributed by atoms with Gasteiger partial charge >= 0.3 is 0 Å². The summed E-state index contributed by atoms with van der Waals surface area (Å²) in [5.41, 5.74) is 4.39. The van der Waals surface area contributed by atoms with Crippen molar-refractivity contribution < 1.29 is 4.74 Å². The molecule has 1 aliphatic heterocycles. The molecule has 2 rings (SSSR count). The van der Waals surface area contributed by atoms with Crippen LogP contribution in [0.4, 0.5) is 0 Å². The van der Waals surface area contributed by atoms with E-state index >= 15 is 0 Å². The summed E-state index contributed by atoms with van der Waals surface area (Å²) in [6.45, 7) is 9.41. The first-order valence-corrected chi connectivity index (χ1v) is 7.25. The molecule has 0 saturated carbocycles. The number of fused-ring (bicyclic) bond motifs is 1. The third-order valence-electron chi connectivity index (χ3n) is 3.86. The zero-order valence-corrected chi connectivity index (χ0v) is 12.4. The van der Waals surface area contributed by atoms with Crippen LogP contribution in [0.25, 0.3) is 0 Å². The number of hydrogen-bond donors (Lipinski definition) is 1. The van der Waals surface area contributed by atoms with Crippen molar-refractivity contribution in [2.24, 2.45) is 0 Å². The molecule has 3 heteroatoms. The third-order valence-corrected chi connectivity index (χ3v) is 3.86. The van der Waals surface area contributed by atoms with Crippen molar-refractivity contribution in [3.05, 3.63) is 34.9 Å². The zero-order chi connectivity index (χ0) is 13.7. The predicted octanol–water partition coefficient (Wildman–Crippen LogP) is 2.19. The number of nitrogens with one attached hydrogen (secondary N) is 1. The summed E-state index contributed by atoms with van der Waals surface area (Å²) in [5, 5.41) is 3.44. The molecular formula is C16H26N2O. The van der Waals surface area contributed by atoms with Crippen LogP contribution < -0.4 is 5.32 Å². The van der Waals surface area contributed by atoms with Crippen LogP contribution in [0.5, 0.6) is 0 Å². The van der Waals surface area contributed by atoms with Crippen molar-refractivity contribution >= 4 is 0 Å². The maximum absolute atomic E-state index is 5.20. The Morgan fingerprint density at radius 1 is 1.32 bits per heavy atom. The number of ether oxygens (including phenoxy) is 1. The van der Waals surface area contributed by atoms with Crippen molar-refractivity contribution in [3.8, 4) is 0 Å². The van der Waals surface area contributed by atoms with Crippen molar-refractivity contribution in [2.75, 3.05) is 26.8 Å². The highest BCUT2D eigenvalue weighted by molar-refractivity contribution is 5.33. The van der Waals surface area contributed by atoms with E-state index in [4.69, 9.17) is 4.74 Å². The van der Waals surface area contributed by atoms with Gasteiger partial charge in [0, 0.05) is 32.8 Å². The van der Waals surface area contributed by atoms with Gasteiger partial charge < -0.3 is 10.1 Å². The molecule has 0 unspecified atom stereocenters. The maximum atomic E-state index is 5.20. The van der Waals surface area contributed by atoms with Crippen LogP contribution >= 0.6 is 0 Å². The quantitative estimate of drug-likeness (QED) is 0.850. The lowest BCUT2D eigenvalue weighted by molar-refractivity contribution is 0.125. The molecule has 1 aromatic carbocycles. The molecule has 0 aliphatic carbocycles. The monoisotopic (exact) mass is 262 g/mol. The van der Waals surface area contributed by atoms with Gasteiger partial charge in [0.1, 0.15) is 0 Å². The second-order valence-corrected chi connectivity index (χ2v) is 5.59. The molecule has 0 aromatic heterocycles. The minimum atomic E-state index is 0.546. The molecule has 1 heterocycles. The van der Waals surface area contributed by atoms with E-state index in [-0.39, 0.29) is 0 Å². The number of methoxy groups -OCH3 is 1. The van der Waals surface area contributed by atoms with Gasteiger partial charge in [-0.25, -0.2) is 0 Å². The molecule has 0 radical (unpaired) electrons. The van der Waals surface area contributed by atoms with Crippen LogP contribution in [0.3, 0.4) is 0 Å². The van der Waals surface area contributed by atoms with Crippen LogP contribution in [0.15, 0.2) is 18.2 Å². The largest absolute Gasteiger partial charge is 0.383 e. The molecule has 0 amide bonds. The molecule has 0 fully saturated rings. The SMILES string of the molecule is COCCN(Cc1ccc2c(c1)CNCC2)C(C)C. The lowest BCUT2D eigenvalue weighted by atomic mass is 9.98. The van der Waals surface area contributed by atoms with Gasteiger partial charge in [0.05, 0.1) is 6.61 Å². The Balaban J connectivity index is 2.04. The summed E-state index contributed by atoms with van der Waals surface area (Å²) in [4.78, 5) is 2.46.